The van der Waals surface area contributed by atoms with Gasteiger partial charge >= 0.3 is 0 Å². The molecule has 0 fully saturated rings. The molecule has 0 unspecified atom stereocenters. The number of benzene rings is 1. The molecule has 1 aromatic rings. The van der Waals surface area contributed by atoms with Crippen molar-refractivity contribution in [2.45, 2.75) is 5.88 Å². The van der Waals surface area contributed by atoms with E-state index in [0.717, 1.165) is 11.0 Å². The summed E-state index contributed by atoms with van der Waals surface area (Å²) in [6.07, 6.45) is 0. The number of hydrogen-bond acceptors (Lipinski definition) is 0. The van der Waals surface area contributed by atoms with Crippen molar-refractivity contribution in [2.75, 3.05) is 0 Å². The smallest absolute Gasteiger partial charge is 0.113 e. The zero-order valence-corrected chi connectivity index (χ0v) is 5.73. The topological polar surface area (TPSA) is 0 Å². The molecule has 9 heavy (non-hydrogen) atoms. The lowest BCUT2D eigenvalue weighted by Crippen LogP contribution is -1.99. The first-order valence-corrected chi connectivity index (χ1v) is 3.27. The largest absolute Gasteiger partial charge is 0.122 e. The van der Waals surface area contributed by atoms with Gasteiger partial charge in [0.15, 0.2) is 0 Å². The molecule has 0 saturated carbocycles. The third-order valence-electron chi connectivity index (χ3n) is 1.13. The van der Waals surface area contributed by atoms with Crippen LogP contribution in [-0.4, -0.2) is 7.85 Å². The molecule has 0 heterocycles. The number of rotatable bonds is 1. The Kier molecular flexibility index (Phi) is 2.18. The number of alkyl halides is 1. The summed E-state index contributed by atoms with van der Waals surface area (Å²) in [4.78, 5) is 0. The molecule has 0 nitrogen and oxygen atoms in total. The predicted octanol–water partition coefficient (Wildman–Crippen LogP) is 1.22. The van der Waals surface area contributed by atoms with Crippen LogP contribution in [0.5, 0.6) is 0 Å². The molecule has 0 aliphatic rings. The average molecular weight is 136 g/mol. The minimum atomic E-state index is 0.556. The van der Waals surface area contributed by atoms with Crippen molar-refractivity contribution >= 4 is 24.9 Å². The SMILES string of the molecule is [B]c1ccc(CCl)cc1. The second-order valence-corrected chi connectivity index (χ2v) is 2.14. The van der Waals surface area contributed by atoms with Crippen molar-refractivity contribution in [3.8, 4) is 0 Å². The maximum absolute atomic E-state index is 5.54. The second kappa shape index (κ2) is 2.93. The van der Waals surface area contributed by atoms with Crippen molar-refractivity contribution in [3.05, 3.63) is 29.8 Å². The highest BCUT2D eigenvalue weighted by Gasteiger charge is 1.85. The standard InChI is InChI=1S/C7H6BCl/c8-7-3-1-6(5-9)2-4-7/h1-4H,5H2. The molecule has 2 heteroatoms. The minimum absolute atomic E-state index is 0.556. The Balaban J connectivity index is 2.88. The molecule has 0 aliphatic carbocycles. The fraction of sp³-hybridized carbons (Fsp3) is 0.143. The van der Waals surface area contributed by atoms with Gasteiger partial charge in [0.1, 0.15) is 7.85 Å². The lowest BCUT2D eigenvalue weighted by Gasteiger charge is -1.93. The van der Waals surface area contributed by atoms with E-state index in [0.29, 0.717) is 5.88 Å². The van der Waals surface area contributed by atoms with Gasteiger partial charge < -0.3 is 0 Å². The number of halogens is 1. The van der Waals surface area contributed by atoms with Crippen molar-refractivity contribution in [1.82, 2.24) is 0 Å². The van der Waals surface area contributed by atoms with Crippen LogP contribution in [0.15, 0.2) is 24.3 Å². The summed E-state index contributed by atoms with van der Waals surface area (Å²) in [6.45, 7) is 0. The van der Waals surface area contributed by atoms with Gasteiger partial charge in [0.05, 0.1) is 0 Å². The van der Waals surface area contributed by atoms with E-state index >= 15 is 0 Å². The highest BCUT2D eigenvalue weighted by molar-refractivity contribution is 6.32. The van der Waals surface area contributed by atoms with Crippen molar-refractivity contribution in [1.29, 1.82) is 0 Å². The first-order valence-electron chi connectivity index (χ1n) is 2.73. The van der Waals surface area contributed by atoms with E-state index in [-0.39, 0.29) is 0 Å². The van der Waals surface area contributed by atoms with Crippen molar-refractivity contribution in [3.63, 3.8) is 0 Å². The fourth-order valence-corrected chi connectivity index (χ4v) is 0.785. The van der Waals surface area contributed by atoms with Gasteiger partial charge in [-0.1, -0.05) is 29.7 Å². The van der Waals surface area contributed by atoms with Gasteiger partial charge in [-0.05, 0) is 5.56 Å². The molecule has 0 atom stereocenters. The molecule has 0 N–H and O–H groups in total. The van der Waals surface area contributed by atoms with Gasteiger partial charge in [-0.15, -0.1) is 11.6 Å². The lowest BCUT2D eigenvalue weighted by atomic mass is 9.96. The van der Waals surface area contributed by atoms with E-state index < -0.39 is 0 Å². The van der Waals surface area contributed by atoms with Crippen LogP contribution in [0.2, 0.25) is 0 Å². The van der Waals surface area contributed by atoms with Crippen LogP contribution in [-0.2, 0) is 5.88 Å². The average Bonchev–Trinajstić information content (AvgIpc) is 1.90. The van der Waals surface area contributed by atoms with E-state index in [4.69, 9.17) is 19.4 Å². The van der Waals surface area contributed by atoms with E-state index in [1.807, 2.05) is 24.3 Å². The molecule has 1 rings (SSSR count). The Morgan fingerprint density at radius 1 is 1.22 bits per heavy atom. The van der Waals surface area contributed by atoms with E-state index in [1.54, 1.807) is 0 Å². The minimum Gasteiger partial charge on any atom is -0.122 e. The Bertz CT molecular complexity index is 181. The summed E-state index contributed by atoms with van der Waals surface area (Å²) in [5, 5.41) is 0. The van der Waals surface area contributed by atoms with Crippen molar-refractivity contribution in [2.24, 2.45) is 0 Å². The molecule has 0 saturated heterocycles. The Morgan fingerprint density at radius 2 is 1.78 bits per heavy atom. The van der Waals surface area contributed by atoms with Gasteiger partial charge in [0.2, 0.25) is 0 Å². The fourth-order valence-electron chi connectivity index (χ4n) is 0.607. The maximum atomic E-state index is 5.54. The van der Waals surface area contributed by atoms with Crippen LogP contribution in [0, 0.1) is 0 Å². The molecule has 0 amide bonds. The van der Waals surface area contributed by atoms with Gasteiger partial charge in [-0.25, -0.2) is 0 Å². The quantitative estimate of drug-likeness (QED) is 0.402. The Morgan fingerprint density at radius 3 is 2.22 bits per heavy atom. The second-order valence-electron chi connectivity index (χ2n) is 1.88. The van der Waals surface area contributed by atoms with Gasteiger partial charge in [0.25, 0.3) is 0 Å². The third-order valence-corrected chi connectivity index (χ3v) is 1.44. The Labute approximate surface area is 61.3 Å². The molecule has 44 valence electrons. The molecule has 2 radical (unpaired) electrons. The Hall–Kier alpha value is -0.425. The summed E-state index contributed by atoms with van der Waals surface area (Å²) < 4.78 is 0. The third kappa shape index (κ3) is 1.76. The summed E-state index contributed by atoms with van der Waals surface area (Å²) in [5.74, 6) is 0.556. The first-order chi connectivity index (χ1) is 4.33. The van der Waals surface area contributed by atoms with Crippen LogP contribution >= 0.6 is 11.6 Å². The van der Waals surface area contributed by atoms with E-state index in [2.05, 4.69) is 0 Å². The number of hydrogen-bond donors (Lipinski definition) is 0. The van der Waals surface area contributed by atoms with Gasteiger partial charge in [-0.2, -0.15) is 0 Å². The summed E-state index contributed by atoms with van der Waals surface area (Å²) >= 11 is 5.54. The molecular formula is C7H6BCl. The normalized spacial score (nSPS) is 9.44. The summed E-state index contributed by atoms with van der Waals surface area (Å²) in [5.41, 5.74) is 1.88. The predicted molar refractivity (Wildman–Crippen MR) is 41.4 cm³/mol. The van der Waals surface area contributed by atoms with Crippen LogP contribution < -0.4 is 5.46 Å². The summed E-state index contributed by atoms with van der Waals surface area (Å²) in [6, 6.07) is 7.53. The van der Waals surface area contributed by atoms with E-state index in [1.165, 1.54) is 0 Å². The van der Waals surface area contributed by atoms with Gasteiger partial charge in [-0.3, -0.25) is 0 Å². The van der Waals surface area contributed by atoms with Crippen LogP contribution in [0.1, 0.15) is 5.56 Å². The van der Waals surface area contributed by atoms with Crippen LogP contribution in [0.3, 0.4) is 0 Å². The van der Waals surface area contributed by atoms with Crippen LogP contribution in [0.4, 0.5) is 0 Å². The highest BCUT2D eigenvalue weighted by Crippen LogP contribution is 1.99. The maximum Gasteiger partial charge on any atom is 0.113 e. The molecule has 0 bridgehead atoms. The molecule has 0 aromatic heterocycles. The molecular weight excluding hydrogens is 130 g/mol. The van der Waals surface area contributed by atoms with Gasteiger partial charge in [0, 0.05) is 5.88 Å². The molecule has 1 aromatic carbocycles. The molecule has 0 aliphatic heterocycles. The van der Waals surface area contributed by atoms with Crippen LogP contribution in [0.25, 0.3) is 0 Å². The van der Waals surface area contributed by atoms with Crippen molar-refractivity contribution < 1.29 is 0 Å². The van der Waals surface area contributed by atoms with E-state index in [9.17, 15) is 0 Å². The zero-order valence-electron chi connectivity index (χ0n) is 4.97. The summed E-state index contributed by atoms with van der Waals surface area (Å²) in [7, 11) is 5.44. The molecule has 0 spiro atoms. The monoisotopic (exact) mass is 136 g/mol. The first kappa shape index (κ1) is 6.69. The lowest BCUT2D eigenvalue weighted by molar-refractivity contribution is 1.41. The highest BCUT2D eigenvalue weighted by atomic mass is 35.5. The zero-order chi connectivity index (χ0) is 6.69.